The molecule has 0 amide bonds. The number of rotatable bonds is 5. The molecule has 1 saturated heterocycles. The Morgan fingerprint density at radius 3 is 2.42 bits per heavy atom. The van der Waals surface area contributed by atoms with Gasteiger partial charge >= 0.3 is 0 Å². The molecule has 1 aromatic rings. The van der Waals surface area contributed by atoms with E-state index in [2.05, 4.69) is 4.90 Å². The lowest BCUT2D eigenvalue weighted by atomic mass is 10.1. The molecule has 1 aliphatic heterocycles. The molecule has 5 heteroatoms. The first-order valence-electron chi connectivity index (χ1n) is 6.52. The third-order valence-electron chi connectivity index (χ3n) is 3.36. The first kappa shape index (κ1) is 14.2. The van der Waals surface area contributed by atoms with Gasteiger partial charge in [0.1, 0.15) is 17.4 Å². The Labute approximate surface area is 112 Å². The van der Waals surface area contributed by atoms with Crippen LogP contribution in [0.1, 0.15) is 12.0 Å². The molecule has 106 valence electrons. The maximum atomic E-state index is 13.7. The second kappa shape index (κ2) is 6.82. The van der Waals surface area contributed by atoms with Crippen LogP contribution in [0.15, 0.2) is 12.1 Å². The fraction of sp³-hybridized carbons (Fsp3) is 0.571. The topological polar surface area (TPSA) is 21.7 Å². The van der Waals surface area contributed by atoms with Crippen molar-refractivity contribution < 1.29 is 18.3 Å². The van der Waals surface area contributed by atoms with Crippen LogP contribution in [0.5, 0.6) is 5.75 Å². The molecule has 1 heterocycles. The second-order valence-corrected chi connectivity index (χ2v) is 4.63. The van der Waals surface area contributed by atoms with Crippen molar-refractivity contribution in [1.82, 2.24) is 4.90 Å². The van der Waals surface area contributed by atoms with E-state index in [9.17, 15) is 8.78 Å². The molecule has 19 heavy (non-hydrogen) atoms. The molecular weight excluding hydrogens is 252 g/mol. The zero-order chi connectivity index (χ0) is 13.7. The highest BCUT2D eigenvalue weighted by molar-refractivity contribution is 5.30. The Balaban J connectivity index is 1.88. The molecule has 0 saturated carbocycles. The zero-order valence-electron chi connectivity index (χ0n) is 11.1. The number of nitrogens with zero attached hydrogens (tertiary/aromatic N) is 1. The first-order chi connectivity index (χ1) is 9.20. The summed E-state index contributed by atoms with van der Waals surface area (Å²) in [5.74, 6) is -0.843. The predicted octanol–water partition coefficient (Wildman–Crippen LogP) is 2.24. The second-order valence-electron chi connectivity index (χ2n) is 4.63. The number of ether oxygens (including phenoxy) is 2. The quantitative estimate of drug-likeness (QED) is 0.820. The van der Waals surface area contributed by atoms with E-state index in [-0.39, 0.29) is 11.3 Å². The fourth-order valence-corrected chi connectivity index (χ4v) is 2.24. The molecule has 0 N–H and O–H groups in total. The van der Waals surface area contributed by atoms with Crippen LogP contribution < -0.4 is 4.74 Å². The van der Waals surface area contributed by atoms with Crippen molar-refractivity contribution in [3.8, 4) is 5.75 Å². The van der Waals surface area contributed by atoms with Gasteiger partial charge in [-0.3, -0.25) is 4.90 Å². The number of methoxy groups -OCH3 is 1. The lowest BCUT2D eigenvalue weighted by molar-refractivity contribution is 0.0374. The molecule has 0 aromatic heterocycles. The first-order valence-corrected chi connectivity index (χ1v) is 6.52. The summed E-state index contributed by atoms with van der Waals surface area (Å²) in [6, 6.07) is 2.46. The van der Waals surface area contributed by atoms with E-state index >= 15 is 0 Å². The zero-order valence-corrected chi connectivity index (χ0v) is 11.1. The van der Waals surface area contributed by atoms with Crippen LogP contribution >= 0.6 is 0 Å². The molecule has 0 spiro atoms. The Morgan fingerprint density at radius 1 is 1.21 bits per heavy atom. The van der Waals surface area contributed by atoms with Crippen molar-refractivity contribution in [2.45, 2.75) is 12.8 Å². The lowest BCUT2D eigenvalue weighted by Crippen LogP contribution is -2.37. The third kappa shape index (κ3) is 3.88. The van der Waals surface area contributed by atoms with Crippen LogP contribution in [0.2, 0.25) is 0 Å². The summed E-state index contributed by atoms with van der Waals surface area (Å²) in [7, 11) is 1.40. The molecule has 1 fully saturated rings. The molecule has 0 atom stereocenters. The molecular formula is C14H19F2NO2. The summed E-state index contributed by atoms with van der Waals surface area (Å²) < 4.78 is 37.5. The molecule has 0 aliphatic carbocycles. The minimum atomic E-state index is -0.529. The average Bonchev–Trinajstić information content (AvgIpc) is 2.42. The van der Waals surface area contributed by atoms with Gasteiger partial charge in [0.25, 0.3) is 0 Å². The molecule has 0 bridgehead atoms. The number of hydrogen-bond donors (Lipinski definition) is 0. The summed E-state index contributed by atoms with van der Waals surface area (Å²) in [6.07, 6.45) is 1.14. The summed E-state index contributed by atoms with van der Waals surface area (Å²) in [6.45, 7) is 4.12. The maximum Gasteiger partial charge on any atom is 0.133 e. The summed E-state index contributed by atoms with van der Waals surface area (Å²) in [5, 5.41) is 0. The van der Waals surface area contributed by atoms with Gasteiger partial charge in [-0.25, -0.2) is 8.78 Å². The third-order valence-corrected chi connectivity index (χ3v) is 3.36. The summed E-state index contributed by atoms with van der Waals surface area (Å²) in [5.41, 5.74) is 0.147. The SMILES string of the molecule is COc1cc(F)c(CCCN2CCOCC2)c(F)c1. The van der Waals surface area contributed by atoms with Crippen molar-refractivity contribution >= 4 is 0 Å². The van der Waals surface area contributed by atoms with Crippen LogP contribution in [-0.2, 0) is 11.2 Å². The minimum Gasteiger partial charge on any atom is -0.497 e. The van der Waals surface area contributed by atoms with E-state index in [0.29, 0.717) is 6.42 Å². The molecule has 1 aromatic carbocycles. The van der Waals surface area contributed by atoms with Crippen molar-refractivity contribution in [2.75, 3.05) is 40.0 Å². The fourth-order valence-electron chi connectivity index (χ4n) is 2.24. The largest absolute Gasteiger partial charge is 0.497 e. The average molecular weight is 271 g/mol. The summed E-state index contributed by atoms with van der Waals surface area (Å²) >= 11 is 0. The van der Waals surface area contributed by atoms with Crippen molar-refractivity contribution in [2.24, 2.45) is 0 Å². The van der Waals surface area contributed by atoms with Gasteiger partial charge in [-0.1, -0.05) is 0 Å². The summed E-state index contributed by atoms with van der Waals surface area (Å²) in [4.78, 5) is 2.25. The van der Waals surface area contributed by atoms with E-state index in [0.717, 1.165) is 39.3 Å². The Hall–Kier alpha value is -1.20. The van der Waals surface area contributed by atoms with Gasteiger partial charge < -0.3 is 9.47 Å². The smallest absolute Gasteiger partial charge is 0.133 e. The number of halogens is 2. The number of hydrogen-bond acceptors (Lipinski definition) is 3. The Bertz CT molecular complexity index is 397. The molecule has 0 unspecified atom stereocenters. The van der Waals surface area contributed by atoms with Crippen LogP contribution in [0, 0.1) is 11.6 Å². The number of morpholine rings is 1. The van der Waals surface area contributed by atoms with Crippen molar-refractivity contribution in [3.63, 3.8) is 0 Å². The van der Waals surface area contributed by atoms with Gasteiger partial charge in [0, 0.05) is 30.8 Å². The van der Waals surface area contributed by atoms with Gasteiger partial charge in [-0.15, -0.1) is 0 Å². The van der Waals surface area contributed by atoms with E-state index in [1.807, 2.05) is 0 Å². The monoisotopic (exact) mass is 271 g/mol. The van der Waals surface area contributed by atoms with Gasteiger partial charge in [-0.2, -0.15) is 0 Å². The van der Waals surface area contributed by atoms with Gasteiger partial charge in [0.05, 0.1) is 20.3 Å². The van der Waals surface area contributed by atoms with Gasteiger partial charge in [0.2, 0.25) is 0 Å². The predicted molar refractivity (Wildman–Crippen MR) is 68.5 cm³/mol. The molecule has 3 nitrogen and oxygen atoms in total. The van der Waals surface area contributed by atoms with E-state index in [4.69, 9.17) is 9.47 Å². The van der Waals surface area contributed by atoms with Gasteiger partial charge in [0.15, 0.2) is 0 Å². The van der Waals surface area contributed by atoms with Crippen LogP contribution in [0.25, 0.3) is 0 Å². The van der Waals surface area contributed by atoms with Crippen LogP contribution in [0.3, 0.4) is 0 Å². The Morgan fingerprint density at radius 2 is 1.84 bits per heavy atom. The number of benzene rings is 1. The maximum absolute atomic E-state index is 13.7. The van der Waals surface area contributed by atoms with Gasteiger partial charge in [-0.05, 0) is 19.4 Å². The van der Waals surface area contributed by atoms with Crippen molar-refractivity contribution in [1.29, 1.82) is 0 Å². The molecule has 0 radical (unpaired) electrons. The minimum absolute atomic E-state index is 0.147. The van der Waals surface area contributed by atoms with Crippen LogP contribution in [-0.4, -0.2) is 44.9 Å². The van der Waals surface area contributed by atoms with E-state index in [1.165, 1.54) is 19.2 Å². The van der Waals surface area contributed by atoms with Crippen molar-refractivity contribution in [3.05, 3.63) is 29.3 Å². The van der Waals surface area contributed by atoms with Crippen LogP contribution in [0.4, 0.5) is 8.78 Å². The Kier molecular flexibility index (Phi) is 5.10. The highest BCUT2D eigenvalue weighted by Crippen LogP contribution is 2.21. The normalized spacial score (nSPS) is 16.6. The lowest BCUT2D eigenvalue weighted by Gasteiger charge is -2.26. The highest BCUT2D eigenvalue weighted by Gasteiger charge is 2.13. The standard InChI is InChI=1S/C14H19F2NO2/c1-18-11-9-13(15)12(14(16)10-11)3-2-4-17-5-7-19-8-6-17/h9-10H,2-8H2,1H3. The highest BCUT2D eigenvalue weighted by atomic mass is 19.1. The van der Waals surface area contributed by atoms with E-state index < -0.39 is 11.6 Å². The molecule has 2 rings (SSSR count). The van der Waals surface area contributed by atoms with E-state index in [1.54, 1.807) is 0 Å². The molecule has 1 aliphatic rings.